The topological polar surface area (TPSA) is 92.8 Å². The van der Waals surface area contributed by atoms with Crippen LogP contribution in [-0.4, -0.2) is 66.1 Å². The van der Waals surface area contributed by atoms with Crippen molar-refractivity contribution in [2.45, 2.75) is 12.5 Å². The summed E-state index contributed by atoms with van der Waals surface area (Å²) >= 11 is 0. The molecule has 1 aromatic heterocycles. The zero-order valence-corrected chi connectivity index (χ0v) is 20.0. The Morgan fingerprint density at radius 1 is 1.12 bits per heavy atom. The summed E-state index contributed by atoms with van der Waals surface area (Å²) < 4.78 is 37.3. The minimum atomic E-state index is -3.25. The van der Waals surface area contributed by atoms with Gasteiger partial charge in [-0.25, -0.2) is 18.1 Å². The van der Waals surface area contributed by atoms with Crippen LogP contribution in [-0.2, 0) is 10.0 Å². The molecule has 2 aromatic carbocycles. The largest absolute Gasteiger partial charge is 0.497 e. The van der Waals surface area contributed by atoms with Gasteiger partial charge in [0.2, 0.25) is 10.0 Å². The Kier molecular flexibility index (Phi) is 7.02. The number of pyridine rings is 1. The molecule has 2 heterocycles. The Morgan fingerprint density at radius 2 is 1.88 bits per heavy atom. The highest BCUT2D eigenvalue weighted by atomic mass is 32.2. The third kappa shape index (κ3) is 5.73. The minimum Gasteiger partial charge on any atom is -0.497 e. The van der Waals surface area contributed by atoms with E-state index in [1.54, 1.807) is 7.11 Å². The zero-order chi connectivity index (χ0) is 23.4. The summed E-state index contributed by atoms with van der Waals surface area (Å²) in [6.07, 6.45) is 1.95. The van der Waals surface area contributed by atoms with Crippen LogP contribution in [0, 0.1) is 0 Å². The fourth-order valence-corrected chi connectivity index (χ4v) is 4.90. The molecule has 1 saturated heterocycles. The lowest BCUT2D eigenvalue weighted by atomic mass is 10.1. The van der Waals surface area contributed by atoms with Crippen molar-refractivity contribution in [1.82, 2.24) is 15.0 Å². The van der Waals surface area contributed by atoms with Crippen LogP contribution in [0.3, 0.4) is 0 Å². The van der Waals surface area contributed by atoms with Gasteiger partial charge in [-0.05, 0) is 55.9 Å². The van der Waals surface area contributed by atoms with Crippen molar-refractivity contribution >= 4 is 26.6 Å². The number of anilines is 1. The number of hydrogen-bond acceptors (Lipinski definition) is 7. The molecule has 0 aliphatic carbocycles. The van der Waals surface area contributed by atoms with Gasteiger partial charge in [0, 0.05) is 48.4 Å². The fourth-order valence-electron chi connectivity index (χ4n) is 4.10. The van der Waals surface area contributed by atoms with Crippen LogP contribution >= 0.6 is 0 Å². The molecule has 9 heteroatoms. The van der Waals surface area contributed by atoms with Crippen molar-refractivity contribution in [1.29, 1.82) is 0 Å². The predicted molar refractivity (Wildman–Crippen MR) is 132 cm³/mol. The van der Waals surface area contributed by atoms with E-state index in [1.807, 2.05) is 49.5 Å². The van der Waals surface area contributed by atoms with Gasteiger partial charge in [0.15, 0.2) is 0 Å². The molecule has 0 bridgehead atoms. The van der Waals surface area contributed by atoms with Gasteiger partial charge in [-0.15, -0.1) is 0 Å². The summed E-state index contributed by atoms with van der Waals surface area (Å²) in [5, 5.41) is 4.07. The fraction of sp³-hybridized carbons (Fsp3) is 0.375. The second kappa shape index (κ2) is 9.94. The number of fused-ring (bicyclic) bond motifs is 1. The van der Waals surface area contributed by atoms with Crippen LogP contribution in [0.2, 0.25) is 0 Å². The molecule has 1 aliphatic heterocycles. The number of methoxy groups -OCH3 is 1. The molecular formula is C24H30N4O4S. The summed E-state index contributed by atoms with van der Waals surface area (Å²) in [4.78, 5) is 7.12. The van der Waals surface area contributed by atoms with Gasteiger partial charge >= 0.3 is 0 Å². The van der Waals surface area contributed by atoms with Gasteiger partial charge in [0.1, 0.15) is 18.1 Å². The van der Waals surface area contributed by atoms with Crippen molar-refractivity contribution in [3.8, 4) is 22.8 Å². The number of hydrogen-bond donors (Lipinski definition) is 2. The number of ether oxygens (including phenoxy) is 2. The highest BCUT2D eigenvalue weighted by Crippen LogP contribution is 2.35. The van der Waals surface area contributed by atoms with Crippen molar-refractivity contribution in [3.63, 3.8) is 0 Å². The van der Waals surface area contributed by atoms with Crippen LogP contribution < -0.4 is 24.4 Å². The number of nitrogens with zero attached hydrogens (tertiary/aromatic N) is 2. The third-order valence-corrected chi connectivity index (χ3v) is 6.44. The lowest BCUT2D eigenvalue weighted by molar-refractivity contribution is 0.318. The summed E-state index contributed by atoms with van der Waals surface area (Å²) in [6.45, 7) is 2.75. The van der Waals surface area contributed by atoms with Gasteiger partial charge in [-0.3, -0.25) is 0 Å². The lowest BCUT2D eigenvalue weighted by Crippen LogP contribution is -2.36. The van der Waals surface area contributed by atoms with E-state index in [0.717, 1.165) is 58.9 Å². The van der Waals surface area contributed by atoms with Gasteiger partial charge in [0.05, 0.1) is 24.6 Å². The van der Waals surface area contributed by atoms with E-state index in [4.69, 9.17) is 14.5 Å². The van der Waals surface area contributed by atoms with Crippen molar-refractivity contribution < 1.29 is 17.9 Å². The normalized spacial score (nSPS) is 16.3. The summed E-state index contributed by atoms with van der Waals surface area (Å²) in [5.74, 6) is 1.55. The Balaban J connectivity index is 1.68. The highest BCUT2D eigenvalue weighted by molar-refractivity contribution is 7.88. The smallest absolute Gasteiger partial charge is 0.209 e. The molecule has 0 amide bonds. The molecule has 0 spiro atoms. The van der Waals surface area contributed by atoms with Crippen molar-refractivity contribution in [3.05, 3.63) is 48.5 Å². The highest BCUT2D eigenvalue weighted by Gasteiger charge is 2.26. The van der Waals surface area contributed by atoms with E-state index in [0.29, 0.717) is 13.2 Å². The van der Waals surface area contributed by atoms with Gasteiger partial charge in [0.25, 0.3) is 0 Å². The maximum absolute atomic E-state index is 11.7. The first-order valence-electron chi connectivity index (χ1n) is 10.9. The molecular weight excluding hydrogens is 440 g/mol. The molecule has 1 unspecified atom stereocenters. The number of likely N-dealkylation sites (N-methyl/N-ethyl adjacent to an activating group) is 1. The molecule has 3 aromatic rings. The predicted octanol–water partition coefficient (Wildman–Crippen LogP) is 2.64. The summed E-state index contributed by atoms with van der Waals surface area (Å²) in [5.41, 5.74) is 3.68. The zero-order valence-electron chi connectivity index (χ0n) is 19.2. The summed E-state index contributed by atoms with van der Waals surface area (Å²) in [6, 6.07) is 15.7. The first-order chi connectivity index (χ1) is 15.9. The van der Waals surface area contributed by atoms with Crippen molar-refractivity contribution in [2.75, 3.05) is 51.6 Å². The van der Waals surface area contributed by atoms with Gasteiger partial charge in [-0.2, -0.15) is 0 Å². The van der Waals surface area contributed by atoms with E-state index in [2.05, 4.69) is 21.0 Å². The second-order valence-corrected chi connectivity index (χ2v) is 9.99. The van der Waals surface area contributed by atoms with E-state index < -0.39 is 10.0 Å². The standard InChI is InChI=1S/C24H30N4O4S/c1-25-11-13-32-19-6-4-17(5-7-19)22-15-24(21-9-8-20(31-2)14-23(21)26-22)28-12-10-18(16-28)27-33(3,29)30/h4-9,14-15,18,25,27H,10-13,16H2,1-3H3. The summed E-state index contributed by atoms with van der Waals surface area (Å²) in [7, 11) is 0.283. The van der Waals surface area contributed by atoms with E-state index >= 15 is 0 Å². The average molecular weight is 471 g/mol. The Hall–Kier alpha value is -2.88. The molecule has 1 atom stereocenters. The number of aromatic nitrogens is 1. The number of nitrogens with one attached hydrogen (secondary N) is 2. The van der Waals surface area contributed by atoms with E-state index in [-0.39, 0.29) is 6.04 Å². The molecule has 0 saturated carbocycles. The average Bonchev–Trinajstić information content (AvgIpc) is 3.25. The van der Waals surface area contributed by atoms with E-state index in [1.165, 1.54) is 6.26 Å². The van der Waals surface area contributed by atoms with Crippen LogP contribution in [0.1, 0.15) is 6.42 Å². The quantitative estimate of drug-likeness (QED) is 0.465. The van der Waals surface area contributed by atoms with Crippen molar-refractivity contribution in [2.24, 2.45) is 0 Å². The maximum atomic E-state index is 11.7. The SMILES string of the molecule is CNCCOc1ccc(-c2cc(N3CCC(NS(C)(=O)=O)C3)c3ccc(OC)cc3n2)cc1. The monoisotopic (exact) mass is 470 g/mol. The first kappa shape index (κ1) is 23.3. The second-order valence-electron chi connectivity index (χ2n) is 8.21. The maximum Gasteiger partial charge on any atom is 0.209 e. The Labute approximate surface area is 195 Å². The van der Waals surface area contributed by atoms with Gasteiger partial charge < -0.3 is 19.7 Å². The molecule has 176 valence electrons. The molecule has 33 heavy (non-hydrogen) atoms. The molecule has 1 fully saturated rings. The number of rotatable bonds is 9. The third-order valence-electron chi connectivity index (χ3n) is 5.68. The molecule has 0 radical (unpaired) electrons. The molecule has 4 rings (SSSR count). The first-order valence-corrected chi connectivity index (χ1v) is 12.8. The molecule has 1 aliphatic rings. The van der Waals surface area contributed by atoms with Crippen LogP contribution in [0.25, 0.3) is 22.2 Å². The number of sulfonamides is 1. The lowest BCUT2D eigenvalue weighted by Gasteiger charge is -2.22. The van der Waals surface area contributed by atoms with Crippen LogP contribution in [0.15, 0.2) is 48.5 Å². The Bertz CT molecular complexity index is 1220. The van der Waals surface area contributed by atoms with Crippen LogP contribution in [0.4, 0.5) is 5.69 Å². The molecule has 2 N–H and O–H groups in total. The van der Waals surface area contributed by atoms with Gasteiger partial charge in [-0.1, -0.05) is 0 Å². The van der Waals surface area contributed by atoms with E-state index in [9.17, 15) is 8.42 Å². The Morgan fingerprint density at radius 3 is 2.58 bits per heavy atom. The van der Waals surface area contributed by atoms with Crippen LogP contribution in [0.5, 0.6) is 11.5 Å². The molecule has 8 nitrogen and oxygen atoms in total. The minimum absolute atomic E-state index is 0.112. The number of benzene rings is 2.